The van der Waals surface area contributed by atoms with E-state index in [9.17, 15) is 4.79 Å². The van der Waals surface area contributed by atoms with Crippen LogP contribution in [0.3, 0.4) is 0 Å². The van der Waals surface area contributed by atoms with Crippen molar-refractivity contribution in [1.29, 1.82) is 0 Å². The zero-order valence-corrected chi connectivity index (χ0v) is 17.6. The molecule has 5 rings (SSSR count). The summed E-state index contributed by atoms with van der Waals surface area (Å²) in [7, 11) is 2.16. The molecule has 2 atom stereocenters. The van der Waals surface area contributed by atoms with Crippen molar-refractivity contribution in [3.63, 3.8) is 0 Å². The highest BCUT2D eigenvalue weighted by molar-refractivity contribution is 5.89. The number of piperazine rings is 1. The van der Waals surface area contributed by atoms with E-state index in [1.165, 1.54) is 5.69 Å². The minimum Gasteiger partial charge on any atom is -0.367 e. The molecule has 0 bridgehead atoms. The molecule has 7 heteroatoms. The molecular formula is C23H28N6O. The minimum absolute atomic E-state index is 0.0808. The topological polar surface area (TPSA) is 77.2 Å². The van der Waals surface area contributed by atoms with Gasteiger partial charge in [-0.1, -0.05) is 12.1 Å². The molecular weight excluding hydrogens is 376 g/mol. The summed E-state index contributed by atoms with van der Waals surface area (Å²) in [5.74, 6) is 1.08. The van der Waals surface area contributed by atoms with Gasteiger partial charge in [-0.15, -0.1) is 0 Å². The Balaban J connectivity index is 1.45. The zero-order chi connectivity index (χ0) is 20.7. The van der Waals surface area contributed by atoms with Crippen LogP contribution in [-0.2, 0) is 4.79 Å². The van der Waals surface area contributed by atoms with E-state index in [2.05, 4.69) is 44.3 Å². The molecule has 0 saturated carbocycles. The first-order valence-corrected chi connectivity index (χ1v) is 10.7. The second-order valence-electron chi connectivity index (χ2n) is 8.51. The van der Waals surface area contributed by atoms with Crippen molar-refractivity contribution in [2.75, 3.05) is 38.1 Å². The largest absolute Gasteiger partial charge is 0.367 e. The fourth-order valence-electron chi connectivity index (χ4n) is 4.62. The Bertz CT molecular complexity index is 1070. The summed E-state index contributed by atoms with van der Waals surface area (Å²) in [5, 5.41) is 3.63. The van der Waals surface area contributed by atoms with E-state index < -0.39 is 0 Å². The summed E-state index contributed by atoms with van der Waals surface area (Å²) in [6.45, 7) is 6.17. The predicted octanol–water partition coefficient (Wildman–Crippen LogP) is 2.75. The lowest BCUT2D eigenvalue weighted by Crippen LogP contribution is -2.44. The molecule has 7 nitrogen and oxygen atoms in total. The number of aromatic nitrogens is 3. The van der Waals surface area contributed by atoms with Crippen molar-refractivity contribution in [1.82, 2.24) is 25.2 Å². The van der Waals surface area contributed by atoms with E-state index in [4.69, 9.17) is 4.98 Å². The number of Topliss-reactive ketones (excluding diaryl/α,β-unsaturated/α-hetero) is 1. The number of benzene rings is 1. The van der Waals surface area contributed by atoms with Gasteiger partial charge in [0.15, 0.2) is 0 Å². The summed E-state index contributed by atoms with van der Waals surface area (Å²) >= 11 is 0. The van der Waals surface area contributed by atoms with Gasteiger partial charge < -0.3 is 14.8 Å². The fraction of sp³-hybridized carbons (Fsp3) is 0.435. The van der Waals surface area contributed by atoms with Crippen LogP contribution in [0.2, 0.25) is 0 Å². The molecule has 156 valence electrons. The van der Waals surface area contributed by atoms with Crippen molar-refractivity contribution in [3.8, 4) is 0 Å². The summed E-state index contributed by atoms with van der Waals surface area (Å²) in [6, 6.07) is 10.0. The van der Waals surface area contributed by atoms with Crippen molar-refractivity contribution in [3.05, 3.63) is 53.6 Å². The number of imidazole rings is 1. The number of pyridine rings is 1. The third kappa shape index (κ3) is 3.59. The number of piperidine rings is 1. The van der Waals surface area contributed by atoms with E-state index in [1.54, 1.807) is 6.20 Å². The highest BCUT2D eigenvalue weighted by atomic mass is 16.1. The smallest absolute Gasteiger partial charge is 0.136 e. The third-order valence-electron chi connectivity index (χ3n) is 6.33. The Labute approximate surface area is 176 Å². The Morgan fingerprint density at radius 3 is 2.63 bits per heavy atom. The fourth-order valence-corrected chi connectivity index (χ4v) is 4.62. The van der Waals surface area contributed by atoms with Crippen LogP contribution >= 0.6 is 0 Å². The summed E-state index contributed by atoms with van der Waals surface area (Å²) in [6.07, 6.45) is 2.72. The van der Waals surface area contributed by atoms with E-state index in [0.717, 1.165) is 54.3 Å². The van der Waals surface area contributed by atoms with E-state index in [1.807, 2.05) is 25.1 Å². The normalized spacial score (nSPS) is 23.3. The summed E-state index contributed by atoms with van der Waals surface area (Å²) < 4.78 is 0. The van der Waals surface area contributed by atoms with Gasteiger partial charge >= 0.3 is 0 Å². The molecule has 0 amide bonds. The molecule has 2 fully saturated rings. The number of ketones is 1. The summed E-state index contributed by atoms with van der Waals surface area (Å²) in [5.41, 5.74) is 5.25. The molecule has 0 aliphatic carbocycles. The molecule has 1 aromatic carbocycles. The Hall–Kier alpha value is -2.77. The average molecular weight is 405 g/mol. The molecule has 4 heterocycles. The Kier molecular flexibility index (Phi) is 5.00. The van der Waals surface area contributed by atoms with Crippen molar-refractivity contribution in [2.24, 2.45) is 0 Å². The number of anilines is 1. The van der Waals surface area contributed by atoms with Crippen LogP contribution in [0.4, 0.5) is 5.69 Å². The van der Waals surface area contributed by atoms with Gasteiger partial charge in [-0.25, -0.2) is 4.98 Å². The van der Waals surface area contributed by atoms with Gasteiger partial charge in [-0.2, -0.15) is 0 Å². The highest BCUT2D eigenvalue weighted by Gasteiger charge is 2.32. The molecule has 2 aliphatic rings. The Morgan fingerprint density at radius 1 is 1.03 bits per heavy atom. The number of hydrogen-bond donors (Lipinski definition) is 2. The molecule has 2 aromatic heterocycles. The predicted molar refractivity (Wildman–Crippen MR) is 118 cm³/mol. The zero-order valence-electron chi connectivity index (χ0n) is 17.6. The summed E-state index contributed by atoms with van der Waals surface area (Å²) in [4.78, 5) is 30.3. The number of likely N-dealkylation sites (N-methyl/N-ethyl adjacent to an activating group) is 1. The first kappa shape index (κ1) is 19.2. The number of nitrogens with zero attached hydrogens (tertiary/aromatic N) is 4. The van der Waals surface area contributed by atoms with Gasteiger partial charge in [-0.3, -0.25) is 15.1 Å². The number of carbonyl (C=O) groups is 1. The highest BCUT2D eigenvalue weighted by Crippen LogP contribution is 2.33. The number of fused-ring (bicyclic) bond motifs is 1. The lowest BCUT2D eigenvalue weighted by atomic mass is 9.93. The molecule has 2 unspecified atom stereocenters. The second-order valence-corrected chi connectivity index (χ2v) is 8.51. The van der Waals surface area contributed by atoms with Crippen molar-refractivity contribution < 1.29 is 4.79 Å². The number of aromatic amines is 1. The van der Waals surface area contributed by atoms with Gasteiger partial charge in [0.2, 0.25) is 0 Å². The number of H-pyrrole nitrogens is 1. The first-order valence-electron chi connectivity index (χ1n) is 10.7. The second kappa shape index (κ2) is 7.81. The van der Waals surface area contributed by atoms with E-state index >= 15 is 0 Å². The number of hydrogen-bond acceptors (Lipinski definition) is 6. The van der Waals surface area contributed by atoms with E-state index in [-0.39, 0.29) is 17.9 Å². The quantitative estimate of drug-likeness (QED) is 0.699. The number of rotatable bonds is 3. The molecule has 3 aromatic rings. The number of aryl methyl sites for hydroxylation is 1. The number of carbonyl (C=O) groups excluding carboxylic acids is 1. The van der Waals surface area contributed by atoms with Crippen molar-refractivity contribution >= 4 is 22.5 Å². The Morgan fingerprint density at radius 2 is 1.83 bits per heavy atom. The maximum atomic E-state index is 12.6. The molecule has 2 saturated heterocycles. The maximum absolute atomic E-state index is 12.6. The SMILES string of the molecule is Cc1cccnc1C1CC(=O)CC(c2nc3cccc(N4CCN(C)CC4)c3[nH]2)N1. The van der Waals surface area contributed by atoms with Gasteiger partial charge in [-0.05, 0) is 37.7 Å². The number of nitrogens with one attached hydrogen (secondary N) is 2. The van der Waals surface area contributed by atoms with Crippen LogP contribution in [0.15, 0.2) is 36.5 Å². The minimum atomic E-state index is -0.134. The third-order valence-corrected chi connectivity index (χ3v) is 6.33. The number of para-hydroxylation sites is 1. The maximum Gasteiger partial charge on any atom is 0.136 e. The monoisotopic (exact) mass is 404 g/mol. The first-order chi connectivity index (χ1) is 14.6. The van der Waals surface area contributed by atoms with Crippen LogP contribution < -0.4 is 10.2 Å². The van der Waals surface area contributed by atoms with Crippen molar-refractivity contribution in [2.45, 2.75) is 31.8 Å². The van der Waals surface area contributed by atoms with Crippen LogP contribution in [0, 0.1) is 6.92 Å². The lowest BCUT2D eigenvalue weighted by Gasteiger charge is -2.34. The molecule has 2 N–H and O–H groups in total. The molecule has 2 aliphatic heterocycles. The van der Waals surface area contributed by atoms with Gasteiger partial charge in [0.05, 0.1) is 34.5 Å². The standard InChI is InChI=1S/C23H28N6O/c1-15-5-4-8-24-21(15)18-13-16(30)14-19(25-18)23-26-17-6-3-7-20(22(17)27-23)29-11-9-28(2)10-12-29/h3-8,18-19,25H,9-14H2,1-2H3,(H,26,27). The van der Waals surface area contributed by atoms with Crippen LogP contribution in [0.5, 0.6) is 0 Å². The van der Waals surface area contributed by atoms with Crippen LogP contribution in [0.25, 0.3) is 11.0 Å². The van der Waals surface area contributed by atoms with E-state index in [0.29, 0.717) is 12.8 Å². The molecule has 0 spiro atoms. The van der Waals surface area contributed by atoms with Crippen LogP contribution in [-0.4, -0.2) is 58.9 Å². The molecule has 0 radical (unpaired) electrons. The van der Waals surface area contributed by atoms with Gasteiger partial charge in [0.25, 0.3) is 0 Å². The van der Waals surface area contributed by atoms with Gasteiger partial charge in [0.1, 0.15) is 11.6 Å². The molecule has 30 heavy (non-hydrogen) atoms. The van der Waals surface area contributed by atoms with Gasteiger partial charge in [0, 0.05) is 45.2 Å². The van der Waals surface area contributed by atoms with Crippen LogP contribution in [0.1, 0.15) is 42.0 Å². The lowest BCUT2D eigenvalue weighted by molar-refractivity contribution is -0.121. The average Bonchev–Trinajstić information content (AvgIpc) is 3.19.